The zero-order valence-corrected chi connectivity index (χ0v) is 21.9. The molecule has 0 aromatic heterocycles. The molecule has 0 saturated carbocycles. The lowest BCUT2D eigenvalue weighted by molar-refractivity contribution is -0.0262. The predicted molar refractivity (Wildman–Crippen MR) is 140 cm³/mol. The lowest BCUT2D eigenvalue weighted by Crippen LogP contribution is -2.49. The van der Waals surface area contributed by atoms with Crippen LogP contribution < -0.4 is 10.6 Å². The van der Waals surface area contributed by atoms with Gasteiger partial charge in [-0.25, -0.2) is 0 Å². The summed E-state index contributed by atoms with van der Waals surface area (Å²) in [5.41, 5.74) is 1.40. The Morgan fingerprint density at radius 1 is 1.13 bits per heavy atom. The molecular weight excluding hydrogens is 501 g/mol. The number of ether oxygens (including phenoxy) is 1. The summed E-state index contributed by atoms with van der Waals surface area (Å²) in [6, 6.07) is 11.3. The van der Waals surface area contributed by atoms with E-state index in [1.165, 1.54) is 5.56 Å². The van der Waals surface area contributed by atoms with Gasteiger partial charge in [0, 0.05) is 51.9 Å². The minimum atomic E-state index is 0. The molecule has 2 heterocycles. The number of halogens is 1. The summed E-state index contributed by atoms with van der Waals surface area (Å²) >= 11 is 0. The van der Waals surface area contributed by atoms with Gasteiger partial charge in [0.25, 0.3) is 0 Å². The van der Waals surface area contributed by atoms with Gasteiger partial charge < -0.3 is 15.4 Å². The highest BCUT2D eigenvalue weighted by atomic mass is 127. The van der Waals surface area contributed by atoms with E-state index in [-0.39, 0.29) is 30.1 Å². The number of nitrogens with one attached hydrogen (secondary N) is 2. The smallest absolute Gasteiger partial charge is 0.191 e. The van der Waals surface area contributed by atoms with Crippen LogP contribution in [-0.4, -0.2) is 80.3 Å². The fourth-order valence-electron chi connectivity index (χ4n) is 4.36. The van der Waals surface area contributed by atoms with Crippen LogP contribution >= 0.6 is 24.0 Å². The van der Waals surface area contributed by atoms with Gasteiger partial charge in [-0.1, -0.05) is 44.2 Å². The van der Waals surface area contributed by atoms with Crippen molar-refractivity contribution in [2.45, 2.75) is 52.3 Å². The maximum Gasteiger partial charge on any atom is 0.191 e. The highest BCUT2D eigenvalue weighted by Gasteiger charge is 2.22. The second-order valence-corrected chi connectivity index (χ2v) is 9.05. The normalized spacial score (nSPS) is 21.7. The van der Waals surface area contributed by atoms with Crippen LogP contribution in [0.4, 0.5) is 0 Å². The Balaban J connectivity index is 0.00000341. The van der Waals surface area contributed by atoms with E-state index in [1.807, 2.05) is 0 Å². The first-order chi connectivity index (χ1) is 14.6. The molecule has 0 radical (unpaired) electrons. The summed E-state index contributed by atoms with van der Waals surface area (Å²) in [5, 5.41) is 7.09. The number of rotatable bonds is 8. The van der Waals surface area contributed by atoms with Gasteiger partial charge >= 0.3 is 0 Å². The topological polar surface area (TPSA) is 52.1 Å². The van der Waals surface area contributed by atoms with Gasteiger partial charge in [-0.15, -0.1) is 24.0 Å². The van der Waals surface area contributed by atoms with Gasteiger partial charge in [0.2, 0.25) is 0 Å². The summed E-state index contributed by atoms with van der Waals surface area (Å²) < 4.78 is 5.97. The van der Waals surface area contributed by atoms with Crippen molar-refractivity contribution in [2.24, 2.45) is 10.9 Å². The van der Waals surface area contributed by atoms with Crippen LogP contribution in [0.25, 0.3) is 0 Å². The molecule has 0 spiro atoms. The number of hydrogen-bond donors (Lipinski definition) is 2. The van der Waals surface area contributed by atoms with Crippen LogP contribution in [0.1, 0.15) is 39.2 Å². The zero-order valence-electron chi connectivity index (χ0n) is 19.6. The quantitative estimate of drug-likeness (QED) is 0.300. The van der Waals surface area contributed by atoms with Crippen molar-refractivity contribution in [2.75, 3.05) is 52.4 Å². The Hall–Kier alpha value is -0.900. The van der Waals surface area contributed by atoms with Crippen molar-refractivity contribution < 1.29 is 4.74 Å². The molecule has 1 atom stereocenters. The van der Waals surface area contributed by atoms with Crippen LogP contribution in [-0.2, 0) is 11.3 Å². The molecular formula is C24H42IN5O. The molecule has 1 aromatic carbocycles. The van der Waals surface area contributed by atoms with E-state index in [2.05, 4.69) is 71.5 Å². The minimum Gasteiger partial charge on any atom is -0.374 e. The molecule has 1 aromatic rings. The number of likely N-dealkylation sites (tertiary alicyclic amines) is 1. The summed E-state index contributed by atoms with van der Waals surface area (Å²) in [6.45, 7) is 15.6. The maximum atomic E-state index is 5.97. The van der Waals surface area contributed by atoms with Crippen molar-refractivity contribution >= 4 is 29.9 Å². The van der Waals surface area contributed by atoms with Crippen LogP contribution in [0.3, 0.4) is 0 Å². The standard InChI is InChI=1S/C24H41N5O.HI/c1-4-25-24(26-16-23-19-29(14-15-30-23)17-20(2)3)27-22-10-12-28(13-11-22)18-21-8-6-5-7-9-21;/h5-9,20,22-23H,4,10-19H2,1-3H3,(H2,25,26,27);1H. The first-order valence-corrected chi connectivity index (χ1v) is 11.8. The fourth-order valence-corrected chi connectivity index (χ4v) is 4.36. The number of hydrogen-bond acceptors (Lipinski definition) is 4. The van der Waals surface area contributed by atoms with Gasteiger partial charge in [0.15, 0.2) is 5.96 Å². The Kier molecular flexibility index (Phi) is 12.1. The van der Waals surface area contributed by atoms with Gasteiger partial charge in [0.1, 0.15) is 0 Å². The van der Waals surface area contributed by atoms with E-state index in [9.17, 15) is 0 Å². The third-order valence-electron chi connectivity index (χ3n) is 5.82. The third-order valence-corrected chi connectivity index (χ3v) is 5.82. The summed E-state index contributed by atoms with van der Waals surface area (Å²) in [7, 11) is 0. The zero-order chi connectivity index (χ0) is 21.2. The van der Waals surface area contributed by atoms with Gasteiger partial charge in [-0.2, -0.15) is 0 Å². The van der Waals surface area contributed by atoms with E-state index in [4.69, 9.17) is 9.73 Å². The van der Waals surface area contributed by atoms with Gasteiger partial charge in [-0.3, -0.25) is 14.8 Å². The van der Waals surface area contributed by atoms with Crippen molar-refractivity contribution in [3.8, 4) is 0 Å². The molecule has 6 nitrogen and oxygen atoms in total. The van der Waals surface area contributed by atoms with E-state index in [0.29, 0.717) is 12.0 Å². The molecule has 0 aliphatic carbocycles. The van der Waals surface area contributed by atoms with Crippen LogP contribution in [0, 0.1) is 5.92 Å². The first kappa shape index (κ1) is 26.4. The highest BCUT2D eigenvalue weighted by molar-refractivity contribution is 14.0. The molecule has 31 heavy (non-hydrogen) atoms. The Labute approximate surface area is 206 Å². The van der Waals surface area contributed by atoms with Crippen molar-refractivity contribution in [3.05, 3.63) is 35.9 Å². The summed E-state index contributed by atoms with van der Waals surface area (Å²) in [5.74, 6) is 1.63. The van der Waals surface area contributed by atoms with Crippen molar-refractivity contribution in [1.82, 2.24) is 20.4 Å². The molecule has 2 aliphatic rings. The van der Waals surface area contributed by atoms with Crippen LogP contribution in [0.2, 0.25) is 0 Å². The molecule has 3 rings (SSSR count). The molecule has 2 fully saturated rings. The molecule has 176 valence electrons. The van der Waals surface area contributed by atoms with Crippen LogP contribution in [0.5, 0.6) is 0 Å². The second kappa shape index (κ2) is 14.3. The Morgan fingerprint density at radius 3 is 2.55 bits per heavy atom. The first-order valence-electron chi connectivity index (χ1n) is 11.8. The SMILES string of the molecule is CCNC(=NCC1CN(CC(C)C)CCO1)NC1CCN(Cc2ccccc2)CC1.I. The molecule has 1 unspecified atom stereocenters. The van der Waals surface area contributed by atoms with Gasteiger partial charge in [0.05, 0.1) is 19.3 Å². The molecule has 2 aliphatic heterocycles. The number of morpholine rings is 1. The Morgan fingerprint density at radius 2 is 1.87 bits per heavy atom. The molecule has 0 amide bonds. The molecule has 2 saturated heterocycles. The lowest BCUT2D eigenvalue weighted by atomic mass is 10.0. The second-order valence-electron chi connectivity index (χ2n) is 9.05. The number of guanidine groups is 1. The highest BCUT2D eigenvalue weighted by Crippen LogP contribution is 2.14. The number of benzene rings is 1. The van der Waals surface area contributed by atoms with Gasteiger partial charge in [-0.05, 0) is 31.2 Å². The van der Waals surface area contributed by atoms with E-state index < -0.39 is 0 Å². The summed E-state index contributed by atoms with van der Waals surface area (Å²) in [6.07, 6.45) is 2.50. The molecule has 0 bridgehead atoms. The van der Waals surface area contributed by atoms with Crippen molar-refractivity contribution in [1.29, 1.82) is 0 Å². The Bertz CT molecular complexity index is 634. The molecule has 7 heteroatoms. The third kappa shape index (κ3) is 9.63. The van der Waals surface area contributed by atoms with Crippen molar-refractivity contribution in [3.63, 3.8) is 0 Å². The number of nitrogens with zero attached hydrogens (tertiary/aromatic N) is 3. The lowest BCUT2D eigenvalue weighted by Gasteiger charge is -2.34. The van der Waals surface area contributed by atoms with E-state index in [1.54, 1.807) is 0 Å². The average Bonchev–Trinajstić information content (AvgIpc) is 2.74. The minimum absolute atomic E-state index is 0. The van der Waals surface area contributed by atoms with Crippen LogP contribution in [0.15, 0.2) is 35.3 Å². The van der Waals surface area contributed by atoms with E-state index in [0.717, 1.165) is 77.8 Å². The maximum absolute atomic E-state index is 5.97. The fraction of sp³-hybridized carbons (Fsp3) is 0.708. The average molecular weight is 544 g/mol. The molecule has 2 N–H and O–H groups in total. The summed E-state index contributed by atoms with van der Waals surface area (Å²) in [4.78, 5) is 9.92. The predicted octanol–water partition coefficient (Wildman–Crippen LogP) is 3.18. The number of aliphatic imine (C=N–C) groups is 1. The largest absolute Gasteiger partial charge is 0.374 e. The monoisotopic (exact) mass is 543 g/mol. The number of piperidine rings is 1. The van der Waals surface area contributed by atoms with E-state index >= 15 is 0 Å².